The van der Waals surface area contributed by atoms with Crippen molar-refractivity contribution >= 4 is 31.6 Å². The SMILES string of the molecule is C=C/C(O)=C(\C=C\Cl)S(=O)(=O)N(CC1=CCC(CNS(=O)(=O)C(=C)C)C=C1)Cc1ccc(F)cc1. The van der Waals surface area contributed by atoms with E-state index in [0.717, 1.165) is 22.0 Å². The molecule has 0 aliphatic heterocycles. The summed E-state index contributed by atoms with van der Waals surface area (Å²) in [5, 5.41) is 10.1. The summed E-state index contributed by atoms with van der Waals surface area (Å²) in [5.74, 6) is -1.14. The molecule has 2 N–H and O–H groups in total. The number of sulfonamides is 2. The highest BCUT2D eigenvalue weighted by Crippen LogP contribution is 2.25. The van der Waals surface area contributed by atoms with Crippen LogP contribution in [0, 0.1) is 11.7 Å². The van der Waals surface area contributed by atoms with Crippen molar-refractivity contribution in [3.05, 3.63) is 106 Å². The van der Waals surface area contributed by atoms with Crippen molar-refractivity contribution in [3.63, 3.8) is 0 Å². The zero-order valence-electron chi connectivity index (χ0n) is 19.2. The molecule has 0 saturated heterocycles. The second-order valence-corrected chi connectivity index (χ2v) is 12.0. The molecule has 190 valence electrons. The van der Waals surface area contributed by atoms with Crippen LogP contribution in [-0.4, -0.2) is 39.3 Å². The molecule has 2 rings (SSSR count). The molecule has 1 aromatic carbocycles. The number of nitrogens with one attached hydrogen (secondary N) is 1. The minimum absolute atomic E-state index is 0.0211. The van der Waals surface area contributed by atoms with E-state index in [9.17, 15) is 26.3 Å². The standard InChI is InChI=1S/C24H28ClFN2O5S2/c1-4-23(29)24(13-14-25)35(32,33)28(17-21-9-11-22(26)12-10-21)16-20-7-5-19(6-8-20)15-27-34(30,31)18(2)3/h4-5,7-14,19,27,29H,1-2,6,15-17H2,3H3/b14-13+,24-23-. The third-order valence-electron chi connectivity index (χ3n) is 5.17. The minimum Gasteiger partial charge on any atom is -0.507 e. The number of halogens is 2. The van der Waals surface area contributed by atoms with Crippen molar-refractivity contribution in [2.75, 3.05) is 13.1 Å². The van der Waals surface area contributed by atoms with Crippen molar-refractivity contribution < 1.29 is 26.3 Å². The number of hydrogen-bond donors (Lipinski definition) is 2. The van der Waals surface area contributed by atoms with Crippen LogP contribution in [0.1, 0.15) is 18.9 Å². The van der Waals surface area contributed by atoms with Crippen LogP contribution in [0.3, 0.4) is 0 Å². The van der Waals surface area contributed by atoms with Gasteiger partial charge in [-0.25, -0.2) is 25.9 Å². The van der Waals surface area contributed by atoms with Gasteiger partial charge in [0.15, 0.2) is 0 Å². The van der Waals surface area contributed by atoms with Gasteiger partial charge in [-0.3, -0.25) is 0 Å². The maximum atomic E-state index is 13.4. The predicted octanol–water partition coefficient (Wildman–Crippen LogP) is 4.62. The van der Waals surface area contributed by atoms with E-state index in [4.69, 9.17) is 11.6 Å². The van der Waals surface area contributed by atoms with Crippen molar-refractivity contribution in [1.29, 1.82) is 0 Å². The third-order valence-corrected chi connectivity index (χ3v) is 8.60. The summed E-state index contributed by atoms with van der Waals surface area (Å²) in [6, 6.07) is 5.40. The second-order valence-electron chi connectivity index (χ2n) is 7.83. The topological polar surface area (TPSA) is 104 Å². The van der Waals surface area contributed by atoms with Gasteiger partial charge in [-0.15, -0.1) is 0 Å². The smallest absolute Gasteiger partial charge is 0.247 e. The van der Waals surface area contributed by atoms with Crippen LogP contribution in [0.5, 0.6) is 0 Å². The Hall–Kier alpha value is -2.50. The first-order valence-corrected chi connectivity index (χ1v) is 13.9. The summed E-state index contributed by atoms with van der Waals surface area (Å²) in [6.07, 6.45) is 7.88. The molecule has 1 aliphatic rings. The van der Waals surface area contributed by atoms with E-state index in [1.165, 1.54) is 31.2 Å². The molecule has 0 fully saturated rings. The third kappa shape index (κ3) is 8.01. The average molecular weight is 543 g/mol. The van der Waals surface area contributed by atoms with Crippen LogP contribution in [0.25, 0.3) is 0 Å². The van der Waals surface area contributed by atoms with Gasteiger partial charge < -0.3 is 5.11 Å². The summed E-state index contributed by atoms with van der Waals surface area (Å²) in [5.41, 5.74) is 2.18. The van der Waals surface area contributed by atoms with E-state index in [2.05, 4.69) is 17.9 Å². The minimum atomic E-state index is -4.25. The molecule has 1 atom stereocenters. The fourth-order valence-electron chi connectivity index (χ4n) is 3.14. The van der Waals surface area contributed by atoms with Gasteiger partial charge in [0.05, 0.1) is 0 Å². The largest absolute Gasteiger partial charge is 0.507 e. The fourth-order valence-corrected chi connectivity index (χ4v) is 5.53. The Morgan fingerprint density at radius 3 is 2.43 bits per heavy atom. The van der Waals surface area contributed by atoms with E-state index >= 15 is 0 Å². The highest BCUT2D eigenvalue weighted by atomic mass is 35.5. The van der Waals surface area contributed by atoms with Crippen molar-refractivity contribution in [2.24, 2.45) is 5.92 Å². The van der Waals surface area contributed by atoms with Crippen LogP contribution in [0.2, 0.25) is 0 Å². The summed E-state index contributed by atoms with van der Waals surface area (Å²) in [7, 11) is -7.83. The zero-order chi connectivity index (χ0) is 26.2. The molecule has 7 nitrogen and oxygen atoms in total. The Balaban J connectivity index is 2.29. The maximum Gasteiger partial charge on any atom is 0.247 e. The van der Waals surface area contributed by atoms with E-state index in [1.807, 2.05) is 6.08 Å². The number of aliphatic hydroxyl groups excluding tert-OH is 1. The van der Waals surface area contributed by atoms with Crippen LogP contribution in [0.15, 0.2) is 94.5 Å². The van der Waals surface area contributed by atoms with E-state index in [1.54, 1.807) is 12.2 Å². The van der Waals surface area contributed by atoms with E-state index in [-0.39, 0.29) is 30.5 Å². The van der Waals surface area contributed by atoms with Gasteiger partial charge in [0.2, 0.25) is 20.0 Å². The molecule has 0 heterocycles. The number of benzene rings is 1. The van der Waals surface area contributed by atoms with Gasteiger partial charge in [0.25, 0.3) is 0 Å². The van der Waals surface area contributed by atoms with Gasteiger partial charge in [-0.05, 0) is 54.7 Å². The molecule has 35 heavy (non-hydrogen) atoms. The number of rotatable bonds is 12. The molecule has 1 aromatic rings. The Morgan fingerprint density at radius 2 is 1.91 bits per heavy atom. The Labute approximate surface area is 211 Å². The first-order valence-electron chi connectivity index (χ1n) is 10.5. The molecule has 0 aromatic heterocycles. The Kier molecular flexibility index (Phi) is 10.2. The summed E-state index contributed by atoms with van der Waals surface area (Å²) >= 11 is 5.61. The lowest BCUT2D eigenvalue weighted by molar-refractivity contribution is 0.418. The first kappa shape index (κ1) is 28.7. The Morgan fingerprint density at radius 1 is 1.26 bits per heavy atom. The predicted molar refractivity (Wildman–Crippen MR) is 138 cm³/mol. The molecular weight excluding hydrogens is 515 g/mol. The molecule has 0 bridgehead atoms. The average Bonchev–Trinajstić information content (AvgIpc) is 2.82. The number of allylic oxidation sites excluding steroid dienone is 4. The fraction of sp³-hybridized carbons (Fsp3) is 0.250. The quantitative estimate of drug-likeness (QED) is 0.296. The van der Waals surface area contributed by atoms with Gasteiger partial charge >= 0.3 is 0 Å². The second kappa shape index (κ2) is 12.5. The number of aliphatic hydroxyl groups is 1. The number of nitrogens with zero attached hydrogens (tertiary/aromatic N) is 1. The molecule has 0 radical (unpaired) electrons. The molecule has 1 aliphatic carbocycles. The lowest BCUT2D eigenvalue weighted by atomic mass is 9.97. The normalized spacial score (nSPS) is 17.4. The molecular formula is C24H28ClFN2O5S2. The lowest BCUT2D eigenvalue weighted by Gasteiger charge is -2.25. The highest BCUT2D eigenvalue weighted by molar-refractivity contribution is 7.93. The van der Waals surface area contributed by atoms with E-state index < -0.39 is 36.5 Å². The Bertz CT molecular complexity index is 1280. The molecule has 0 saturated carbocycles. The van der Waals surface area contributed by atoms with Gasteiger partial charge in [0.1, 0.15) is 16.5 Å². The molecule has 0 amide bonds. The van der Waals surface area contributed by atoms with Crippen LogP contribution >= 0.6 is 11.6 Å². The lowest BCUT2D eigenvalue weighted by Crippen LogP contribution is -2.34. The number of hydrogen-bond acceptors (Lipinski definition) is 5. The van der Waals surface area contributed by atoms with Crippen LogP contribution < -0.4 is 4.72 Å². The van der Waals surface area contributed by atoms with Gasteiger partial charge in [-0.1, -0.05) is 55.1 Å². The van der Waals surface area contributed by atoms with E-state index in [0.29, 0.717) is 17.6 Å². The van der Waals surface area contributed by atoms with Crippen LogP contribution in [-0.2, 0) is 26.6 Å². The summed E-state index contributed by atoms with van der Waals surface area (Å²) in [4.78, 5) is -0.412. The molecule has 1 unspecified atom stereocenters. The summed E-state index contributed by atoms with van der Waals surface area (Å²) in [6.45, 7) is 8.28. The molecule has 0 spiro atoms. The molecule has 11 heteroatoms. The monoisotopic (exact) mass is 542 g/mol. The summed E-state index contributed by atoms with van der Waals surface area (Å²) < 4.78 is 67.6. The zero-order valence-corrected chi connectivity index (χ0v) is 21.6. The van der Waals surface area contributed by atoms with Gasteiger partial charge in [0, 0.05) is 30.1 Å². The van der Waals surface area contributed by atoms with Crippen molar-refractivity contribution in [2.45, 2.75) is 19.9 Å². The van der Waals surface area contributed by atoms with Crippen molar-refractivity contribution in [1.82, 2.24) is 9.03 Å². The maximum absolute atomic E-state index is 13.4. The highest BCUT2D eigenvalue weighted by Gasteiger charge is 2.29. The first-order chi connectivity index (χ1) is 16.4. The van der Waals surface area contributed by atoms with Crippen LogP contribution in [0.4, 0.5) is 4.39 Å². The van der Waals surface area contributed by atoms with Crippen molar-refractivity contribution in [3.8, 4) is 0 Å². The van der Waals surface area contributed by atoms with Gasteiger partial charge in [-0.2, -0.15) is 4.31 Å².